The van der Waals surface area contributed by atoms with Crippen LogP contribution in [0, 0.1) is 5.92 Å². The summed E-state index contributed by atoms with van der Waals surface area (Å²) in [6.45, 7) is 2.01. The highest BCUT2D eigenvalue weighted by Gasteiger charge is 2.26. The molecule has 0 radical (unpaired) electrons. The third-order valence-electron chi connectivity index (χ3n) is 6.61. The zero-order valence-corrected chi connectivity index (χ0v) is 23.3. The monoisotopic (exact) mass is 555 g/mol. The number of phenols is 1. The van der Waals surface area contributed by atoms with Gasteiger partial charge in [0.1, 0.15) is 11.9 Å². The lowest BCUT2D eigenvalue weighted by Gasteiger charge is -2.26. The highest BCUT2D eigenvalue weighted by molar-refractivity contribution is 7.98. The summed E-state index contributed by atoms with van der Waals surface area (Å²) in [5.41, 5.74) is 8.40. The van der Waals surface area contributed by atoms with Gasteiger partial charge in [0.05, 0.1) is 11.4 Å². The zero-order valence-electron chi connectivity index (χ0n) is 22.5. The molecule has 7 nitrogen and oxygen atoms in total. The molecule has 0 fully saturated rings. The summed E-state index contributed by atoms with van der Waals surface area (Å²) < 4.78 is 6.02. The Morgan fingerprint density at radius 3 is 2.38 bits per heavy atom. The molecule has 40 heavy (non-hydrogen) atoms. The number of phenolic OH excluding ortho intramolecular Hbond substituents is 1. The van der Waals surface area contributed by atoms with Crippen LogP contribution in [0.2, 0.25) is 0 Å². The number of nitrogen functional groups attached to an aromatic ring is 1. The topological polar surface area (TPSA) is 114 Å². The minimum atomic E-state index is -0.595. The number of para-hydroxylation sites is 2. The molecule has 0 aliphatic heterocycles. The predicted molar refractivity (Wildman–Crippen MR) is 164 cm³/mol. The first-order valence-electron chi connectivity index (χ1n) is 13.0. The van der Waals surface area contributed by atoms with Crippen LogP contribution >= 0.6 is 11.8 Å². The summed E-state index contributed by atoms with van der Waals surface area (Å²) in [5.74, 6) is -0.207. The second-order valence-electron chi connectivity index (χ2n) is 9.43. The van der Waals surface area contributed by atoms with E-state index in [-0.39, 0.29) is 17.6 Å². The Morgan fingerprint density at radius 2 is 1.65 bits per heavy atom. The molecule has 0 aromatic heterocycles. The Kier molecular flexibility index (Phi) is 9.70. The highest BCUT2D eigenvalue weighted by atomic mass is 32.2. The number of anilines is 3. The number of ether oxygens (including phenoxy) is 1. The summed E-state index contributed by atoms with van der Waals surface area (Å²) in [5, 5.41) is 17.5. The van der Waals surface area contributed by atoms with Crippen LogP contribution < -0.4 is 16.4 Å². The fourth-order valence-electron chi connectivity index (χ4n) is 4.46. The first-order valence-corrected chi connectivity index (χ1v) is 14.2. The lowest BCUT2D eigenvalue weighted by molar-refractivity contribution is -0.111. The van der Waals surface area contributed by atoms with E-state index >= 15 is 0 Å². The number of benzene rings is 4. The van der Waals surface area contributed by atoms with E-state index in [2.05, 4.69) is 10.6 Å². The van der Waals surface area contributed by atoms with Crippen LogP contribution in [0.25, 0.3) is 10.8 Å². The Morgan fingerprint density at radius 1 is 0.950 bits per heavy atom. The van der Waals surface area contributed by atoms with Crippen LogP contribution in [-0.4, -0.2) is 23.4 Å². The minimum absolute atomic E-state index is 0.102. The third-order valence-corrected chi connectivity index (χ3v) is 7.35. The predicted octanol–water partition coefficient (Wildman–Crippen LogP) is 7.75. The number of aromatic hydroxyl groups is 1. The normalized spacial score (nSPS) is 12.7. The number of hydrogen-bond donors (Lipinski definition) is 4. The largest absolute Gasteiger partial charge is 0.507 e. The first kappa shape index (κ1) is 28.6. The van der Waals surface area contributed by atoms with Crippen molar-refractivity contribution in [3.8, 4) is 5.75 Å². The van der Waals surface area contributed by atoms with Crippen LogP contribution in [0.1, 0.15) is 31.4 Å². The second-order valence-corrected chi connectivity index (χ2v) is 10.3. The number of thioether (sulfide) groups is 1. The van der Waals surface area contributed by atoms with E-state index in [9.17, 15) is 14.7 Å². The van der Waals surface area contributed by atoms with Crippen molar-refractivity contribution in [1.82, 2.24) is 0 Å². The smallest absolute Gasteiger partial charge is 0.412 e. The molecule has 8 heteroatoms. The van der Waals surface area contributed by atoms with Crippen LogP contribution in [0.3, 0.4) is 0 Å². The zero-order chi connectivity index (χ0) is 28.5. The van der Waals surface area contributed by atoms with Crippen molar-refractivity contribution in [2.75, 3.05) is 22.6 Å². The summed E-state index contributed by atoms with van der Waals surface area (Å²) in [6, 6.07) is 25.5. The number of nitrogens with one attached hydrogen (secondary N) is 2. The molecule has 4 rings (SSSR count). The number of hydrogen-bond acceptors (Lipinski definition) is 6. The van der Waals surface area contributed by atoms with Crippen molar-refractivity contribution in [1.29, 1.82) is 0 Å². The average Bonchev–Trinajstić information content (AvgIpc) is 2.96. The van der Waals surface area contributed by atoms with Gasteiger partial charge in [0.2, 0.25) is 5.91 Å². The maximum absolute atomic E-state index is 13.0. The molecule has 4 aromatic rings. The van der Waals surface area contributed by atoms with Crippen LogP contribution in [0.4, 0.5) is 21.9 Å². The van der Waals surface area contributed by atoms with E-state index in [4.69, 9.17) is 10.5 Å². The van der Waals surface area contributed by atoms with Crippen LogP contribution in [-0.2, 0) is 9.53 Å². The van der Waals surface area contributed by atoms with Crippen LogP contribution in [0.5, 0.6) is 5.75 Å². The number of rotatable bonds is 10. The molecule has 2 amide bonds. The summed E-state index contributed by atoms with van der Waals surface area (Å²) in [7, 11) is 0. The molecule has 0 spiro atoms. The van der Waals surface area contributed by atoms with Gasteiger partial charge in [-0.05, 0) is 78.9 Å². The standard InChI is InChI=1S/C32H33N3O4S/c1-21(9-3-8-14-30(37)35-28-13-7-6-12-27(28)33)31(26-19-20-29(36)25-11-5-4-10-24(25)26)39-32(38)34-22-15-17-23(40-2)18-16-22/h4-8,10-21,31,36H,3,9,33H2,1-2H3,(H,34,38)(H,35,37)/b14-8+/t21-,31-/m0/s1. The molecule has 2 atom stereocenters. The van der Waals surface area contributed by atoms with Gasteiger partial charge in [0.25, 0.3) is 0 Å². The number of carbonyl (C=O) groups is 2. The Hall–Kier alpha value is -4.43. The summed E-state index contributed by atoms with van der Waals surface area (Å²) in [4.78, 5) is 26.5. The van der Waals surface area contributed by atoms with Gasteiger partial charge in [0.15, 0.2) is 0 Å². The van der Waals surface area contributed by atoms with E-state index in [0.717, 1.165) is 15.8 Å². The average molecular weight is 556 g/mol. The van der Waals surface area contributed by atoms with Gasteiger partial charge in [-0.15, -0.1) is 11.8 Å². The van der Waals surface area contributed by atoms with Gasteiger partial charge in [-0.25, -0.2) is 4.79 Å². The van der Waals surface area contributed by atoms with E-state index in [1.807, 2.05) is 61.7 Å². The van der Waals surface area contributed by atoms with Gasteiger partial charge in [0, 0.05) is 21.5 Å². The number of fused-ring (bicyclic) bond motifs is 1. The maximum atomic E-state index is 13.0. The van der Waals surface area contributed by atoms with Gasteiger partial charge in [-0.2, -0.15) is 0 Å². The molecular formula is C32H33N3O4S. The van der Waals surface area contributed by atoms with E-state index < -0.39 is 12.2 Å². The second kappa shape index (κ2) is 13.6. The van der Waals surface area contributed by atoms with Crippen molar-refractivity contribution in [3.05, 3.63) is 103 Å². The van der Waals surface area contributed by atoms with Crippen molar-refractivity contribution in [2.45, 2.75) is 30.8 Å². The Balaban J connectivity index is 1.48. The molecule has 206 valence electrons. The molecule has 0 saturated carbocycles. The SMILES string of the molecule is CSc1ccc(NC(=O)O[C@H](c2ccc(O)c3ccccc23)[C@@H](C)CC/C=C/C(=O)Nc2ccccc2N)cc1. The summed E-state index contributed by atoms with van der Waals surface area (Å²) in [6.07, 6.45) is 5.34. The maximum Gasteiger partial charge on any atom is 0.412 e. The van der Waals surface area contributed by atoms with Gasteiger partial charge >= 0.3 is 6.09 Å². The molecule has 0 bridgehead atoms. The first-order chi connectivity index (χ1) is 19.4. The molecule has 0 aliphatic carbocycles. The van der Waals surface area contributed by atoms with Crippen molar-refractivity contribution in [3.63, 3.8) is 0 Å². The Bertz CT molecular complexity index is 1500. The molecular weight excluding hydrogens is 522 g/mol. The van der Waals surface area contributed by atoms with Gasteiger partial charge in [-0.1, -0.05) is 55.5 Å². The highest BCUT2D eigenvalue weighted by Crippen LogP contribution is 2.37. The van der Waals surface area contributed by atoms with E-state index in [1.165, 1.54) is 6.08 Å². The molecule has 5 N–H and O–H groups in total. The molecule has 4 aromatic carbocycles. The molecule has 0 heterocycles. The Labute approximate surface area is 238 Å². The van der Waals surface area contributed by atoms with Crippen LogP contribution in [0.15, 0.2) is 102 Å². The quantitative estimate of drug-likeness (QED) is 0.0904. The fourth-order valence-corrected chi connectivity index (χ4v) is 4.87. The fraction of sp³-hybridized carbons (Fsp3) is 0.188. The number of amides is 2. The lowest BCUT2D eigenvalue weighted by Crippen LogP contribution is -2.22. The summed E-state index contributed by atoms with van der Waals surface area (Å²) >= 11 is 1.62. The molecule has 0 saturated heterocycles. The molecule has 0 aliphatic rings. The van der Waals surface area contributed by atoms with E-state index in [0.29, 0.717) is 35.3 Å². The van der Waals surface area contributed by atoms with Gasteiger partial charge < -0.3 is 20.9 Å². The van der Waals surface area contributed by atoms with E-state index in [1.54, 1.807) is 54.2 Å². The lowest BCUT2D eigenvalue weighted by atomic mass is 9.89. The molecule has 0 unspecified atom stereocenters. The minimum Gasteiger partial charge on any atom is -0.507 e. The van der Waals surface area contributed by atoms with Crippen molar-refractivity contribution < 1.29 is 19.4 Å². The number of carbonyl (C=O) groups excluding carboxylic acids is 2. The van der Waals surface area contributed by atoms with Crippen molar-refractivity contribution >= 4 is 51.6 Å². The van der Waals surface area contributed by atoms with Crippen molar-refractivity contribution in [2.24, 2.45) is 5.92 Å². The van der Waals surface area contributed by atoms with Gasteiger partial charge in [-0.3, -0.25) is 10.1 Å². The third kappa shape index (κ3) is 7.36. The number of allylic oxidation sites excluding steroid dienone is 1. The number of nitrogens with two attached hydrogens (primary N) is 1.